The predicted octanol–water partition coefficient (Wildman–Crippen LogP) is 8.82. The number of aliphatic hydroxyl groups is 2. The zero-order valence-corrected chi connectivity index (χ0v) is 61.6. The molecule has 3 aromatic carbocycles. The van der Waals surface area contributed by atoms with E-state index < -0.39 is 59.4 Å². The molecule has 10 atom stereocenters. The fourth-order valence-corrected chi connectivity index (χ4v) is 24.4. The van der Waals surface area contributed by atoms with E-state index in [-0.39, 0.29) is 59.6 Å². The zero-order chi connectivity index (χ0) is 71.6. The Morgan fingerprint density at radius 1 is 0.843 bits per heavy atom. The number of nitrogen functional groups attached to an aromatic ring is 1. The van der Waals surface area contributed by atoms with Crippen molar-refractivity contribution in [3.63, 3.8) is 0 Å². The van der Waals surface area contributed by atoms with Crippen molar-refractivity contribution in [1.29, 1.82) is 0 Å². The summed E-state index contributed by atoms with van der Waals surface area (Å²) in [5.41, 5.74) is 10.9. The molecule has 0 radical (unpaired) electrons. The smallest absolute Gasteiger partial charge is 0.342 e. The lowest BCUT2D eigenvalue weighted by Gasteiger charge is -2.65. The van der Waals surface area contributed by atoms with Crippen molar-refractivity contribution < 1.29 is 48.0 Å². The fourth-order valence-electron chi connectivity index (χ4n) is 19.7. The van der Waals surface area contributed by atoms with Gasteiger partial charge in [-0.1, -0.05) is 75.9 Å². The van der Waals surface area contributed by atoms with Gasteiger partial charge in [0.05, 0.1) is 63.1 Å². The van der Waals surface area contributed by atoms with E-state index in [1.807, 2.05) is 0 Å². The molecule has 3 aromatic heterocycles. The SMILES string of the molecule is CC[C@]1(O)C[C@@H]2CN(CCc3c([nH]c4ccccc34)[C@@](C)(c3cc4c(cc3C)N(C)[C@H]3[C@@](O)(C(=O)OC)[C@H](O[Si]5(CCCCC(=O)CCCOCCOCCNC(=O)CCCNC(=O)c6ccc(NCc7cnc8nc(N)[nH]c(=O)c8n7)cc6)CCCCC5)[C@]5(CC)C=CCN6CC[C@]43[C@@H]65)C2)C1. The molecule has 6 aliphatic heterocycles. The molecular formula is C78H106N12O11Si. The minimum Gasteiger partial charge on any atom is -0.467 e. The number of methoxy groups -OCH3 is 1. The molecule has 13 rings (SSSR count). The summed E-state index contributed by atoms with van der Waals surface area (Å²) < 4.78 is 25.5. The summed E-state index contributed by atoms with van der Waals surface area (Å²) in [6.45, 7) is 15.6. The number of amides is 2. The van der Waals surface area contributed by atoms with Crippen LogP contribution in [0.1, 0.15) is 161 Å². The number of carbonyl (C=O) groups excluding carboxylic acids is 4. The summed E-state index contributed by atoms with van der Waals surface area (Å²) in [7, 11) is 0.837. The number of para-hydroxylation sites is 1. The number of benzene rings is 3. The third-order valence-corrected chi connectivity index (χ3v) is 28.8. The standard InChI is InChI=1S/C78H106N12O11Si/c1-7-75(96)46-52-45-74(4,65-58(28-34-89(49-52)50-75)57-21-10-11-22-61(57)85-65)59-44-60-62(43-51(59)3)88(5)70-77(60)30-35-90-33-18-29-76(8-2,69(77)90)71(78(70,97)72(95)98-6)101-102(40-13-9-14-41-102)42-15-12-19-56(91)20-17-36-99-38-39-100-37-32-80-63(92)23-16-31-81-67(93)53-24-26-54(27-25-53)82-47-55-48-83-66-64(84-55)68(94)87-73(79)86-66/h10-11,18,21-22,24-27,29,43-44,48,52,69-71,82,85,96-97H,7-9,12-17,19-20,23,28,30-42,45-47,49-50H2,1-6H3,(H,80,92)(H,81,93)(H3,79,83,86,87,94)/t52-,69+,70-,71-,74-,75+,76-,77-,78+/m1/s1. The number of hydrogen-bond acceptors (Lipinski definition) is 19. The van der Waals surface area contributed by atoms with Gasteiger partial charge in [-0.3, -0.25) is 34.0 Å². The maximum absolute atomic E-state index is 15.4. The number of ether oxygens (including phenoxy) is 3. The molecule has 2 bridgehead atoms. The second-order valence-electron chi connectivity index (χ2n) is 30.7. The van der Waals surface area contributed by atoms with Crippen molar-refractivity contribution >= 4 is 71.3 Å². The number of aromatic amines is 2. The van der Waals surface area contributed by atoms with Gasteiger partial charge in [0.1, 0.15) is 5.78 Å². The molecule has 2 amide bonds. The fraction of sp³-hybridized carbons (Fsp3) is 0.590. The number of H-pyrrole nitrogens is 2. The van der Waals surface area contributed by atoms with E-state index in [4.69, 9.17) is 24.4 Å². The van der Waals surface area contributed by atoms with E-state index in [0.29, 0.717) is 95.8 Å². The Balaban J connectivity index is 0.585. The number of nitrogens with two attached hydrogens (primary N) is 1. The van der Waals surface area contributed by atoms with Gasteiger partial charge < -0.3 is 60.4 Å². The second kappa shape index (κ2) is 30.3. The molecule has 3 saturated heterocycles. The number of nitrogens with zero attached hydrogens (tertiary/aromatic N) is 6. The van der Waals surface area contributed by atoms with Crippen LogP contribution in [-0.4, -0.2) is 193 Å². The number of piperidine rings is 1. The van der Waals surface area contributed by atoms with Crippen molar-refractivity contribution in [2.45, 2.75) is 195 Å². The minimum absolute atomic E-state index is 0.0299. The second-order valence-corrected chi connectivity index (χ2v) is 34.8. The number of aromatic nitrogens is 5. The first kappa shape index (κ1) is 72.9. The Morgan fingerprint density at radius 3 is 2.41 bits per heavy atom. The van der Waals surface area contributed by atoms with Gasteiger partial charge >= 0.3 is 5.97 Å². The maximum atomic E-state index is 15.4. The number of hydrogen-bond donors (Lipinski definition) is 8. The van der Waals surface area contributed by atoms with E-state index in [1.54, 1.807) is 24.3 Å². The zero-order valence-electron chi connectivity index (χ0n) is 60.6. The van der Waals surface area contributed by atoms with Crippen LogP contribution in [0, 0.1) is 18.3 Å². The maximum Gasteiger partial charge on any atom is 0.342 e. The molecule has 1 aliphatic carbocycles. The van der Waals surface area contributed by atoms with E-state index in [1.165, 1.54) is 46.6 Å². The first-order chi connectivity index (χ1) is 49.2. The van der Waals surface area contributed by atoms with Gasteiger partial charge in [-0.2, -0.15) is 4.98 Å². The van der Waals surface area contributed by atoms with Gasteiger partial charge in [0.2, 0.25) is 17.5 Å². The van der Waals surface area contributed by atoms with E-state index in [0.717, 1.165) is 119 Å². The molecule has 4 fully saturated rings. The van der Waals surface area contributed by atoms with Gasteiger partial charge in [0.15, 0.2) is 19.5 Å². The van der Waals surface area contributed by atoms with Crippen LogP contribution in [-0.2, 0) is 56.8 Å². The number of ketones is 1. The Bertz CT molecular complexity index is 4140. The van der Waals surface area contributed by atoms with Crippen molar-refractivity contribution in [2.24, 2.45) is 11.3 Å². The molecular weight excluding hydrogens is 1310 g/mol. The van der Waals surface area contributed by atoms with Crippen molar-refractivity contribution in [1.82, 2.24) is 45.4 Å². The van der Waals surface area contributed by atoms with Crippen LogP contribution < -0.4 is 32.1 Å². The third kappa shape index (κ3) is 14.0. The third-order valence-electron chi connectivity index (χ3n) is 24.3. The summed E-state index contributed by atoms with van der Waals surface area (Å²) in [4.78, 5) is 92.7. The number of aryl methyl sites for hydroxylation is 1. The van der Waals surface area contributed by atoms with E-state index in [2.05, 4.69) is 139 Å². The first-order valence-electron chi connectivity index (χ1n) is 37.6. The van der Waals surface area contributed by atoms with E-state index in [9.17, 15) is 29.4 Å². The molecule has 548 valence electrons. The number of unbranched alkanes of at least 4 members (excludes halogenated alkanes) is 1. The lowest BCUT2D eigenvalue weighted by molar-refractivity contribution is -0.214. The number of carbonyl (C=O) groups is 4. The number of nitrogens with one attached hydrogen (secondary N) is 5. The van der Waals surface area contributed by atoms with Gasteiger partial charge in [0, 0.05) is 128 Å². The summed E-state index contributed by atoms with van der Waals surface area (Å²) in [6.07, 6.45) is 16.9. The number of Topliss-reactive ketones (excluding diaryl/α,β-unsaturated/α-hetero) is 1. The normalized spacial score (nSPS) is 27.8. The van der Waals surface area contributed by atoms with Crippen LogP contribution >= 0.6 is 0 Å². The molecule has 24 heteroatoms. The van der Waals surface area contributed by atoms with Crippen LogP contribution in [0.15, 0.2) is 83.8 Å². The molecule has 7 aliphatic rings. The van der Waals surface area contributed by atoms with Crippen LogP contribution in [0.3, 0.4) is 0 Å². The van der Waals surface area contributed by atoms with E-state index >= 15 is 4.79 Å². The molecule has 6 aromatic rings. The summed E-state index contributed by atoms with van der Waals surface area (Å²) in [5, 5.41) is 36.7. The summed E-state index contributed by atoms with van der Waals surface area (Å²) in [6, 6.07) is 22.5. The molecule has 1 unspecified atom stereocenters. The van der Waals surface area contributed by atoms with Gasteiger partial charge in [-0.25, -0.2) is 14.8 Å². The van der Waals surface area contributed by atoms with Crippen LogP contribution in [0.4, 0.5) is 17.3 Å². The molecule has 9 heterocycles. The van der Waals surface area contributed by atoms with Gasteiger partial charge in [-0.15, -0.1) is 0 Å². The molecule has 1 spiro atoms. The highest BCUT2D eigenvalue weighted by molar-refractivity contribution is 6.74. The average molecular weight is 1420 g/mol. The van der Waals surface area contributed by atoms with Crippen LogP contribution in [0.2, 0.25) is 18.1 Å². The average Bonchev–Trinajstić information content (AvgIpc) is 1.45. The minimum atomic E-state index is -2.68. The molecule has 23 nitrogen and oxygen atoms in total. The van der Waals surface area contributed by atoms with Crippen molar-refractivity contribution in [3.05, 3.63) is 129 Å². The number of esters is 1. The highest BCUT2D eigenvalue weighted by atomic mass is 28.4. The molecule has 102 heavy (non-hydrogen) atoms. The van der Waals surface area contributed by atoms with Crippen molar-refractivity contribution in [3.8, 4) is 0 Å². The summed E-state index contributed by atoms with van der Waals surface area (Å²) in [5.74, 6) is -0.601. The Labute approximate surface area is 599 Å². The number of rotatable bonds is 29. The first-order valence-corrected chi connectivity index (χ1v) is 40.1. The lowest BCUT2D eigenvalue weighted by atomic mass is 9.47. The monoisotopic (exact) mass is 1410 g/mol. The number of anilines is 3. The molecule has 1 saturated carbocycles. The quantitative estimate of drug-likeness (QED) is 0.00941. The highest BCUT2D eigenvalue weighted by Crippen LogP contribution is 2.68. The Kier molecular flexibility index (Phi) is 21.7. The Morgan fingerprint density at radius 2 is 1.63 bits per heavy atom. The topological polar surface area (TPSA) is 305 Å². The van der Waals surface area contributed by atoms with Crippen LogP contribution in [0.25, 0.3) is 22.1 Å². The lowest BCUT2D eigenvalue weighted by Crippen LogP contribution is -2.82. The van der Waals surface area contributed by atoms with Gasteiger partial charge in [0.25, 0.3) is 11.5 Å². The van der Waals surface area contributed by atoms with Gasteiger partial charge in [-0.05, 0) is 161 Å². The number of likely N-dealkylation sites (N-methyl/N-ethyl adjacent to an activating group) is 1. The highest BCUT2D eigenvalue weighted by Gasteiger charge is 2.80. The number of fused-ring (bicyclic) bond motifs is 7. The predicted molar refractivity (Wildman–Crippen MR) is 396 cm³/mol. The van der Waals surface area contributed by atoms with Crippen LogP contribution in [0.5, 0.6) is 0 Å². The molecule has 9 N–H and O–H groups in total. The Hall–Kier alpha value is -7.42. The summed E-state index contributed by atoms with van der Waals surface area (Å²) >= 11 is 0. The largest absolute Gasteiger partial charge is 0.467 e. The van der Waals surface area contributed by atoms with Crippen molar-refractivity contribution in [2.75, 3.05) is 102 Å².